The summed E-state index contributed by atoms with van der Waals surface area (Å²) in [6, 6.07) is 0.433. The highest BCUT2D eigenvalue weighted by molar-refractivity contribution is 5.33. The van der Waals surface area contributed by atoms with Crippen LogP contribution in [0.25, 0.3) is 0 Å². The Morgan fingerprint density at radius 1 is 1.24 bits per heavy atom. The molecule has 1 aromatic heterocycles. The van der Waals surface area contributed by atoms with Crippen molar-refractivity contribution in [3.8, 4) is 0 Å². The molecule has 0 radical (unpaired) electrons. The molecule has 0 amide bonds. The van der Waals surface area contributed by atoms with E-state index in [2.05, 4.69) is 46.2 Å². The van der Waals surface area contributed by atoms with Crippen molar-refractivity contribution in [1.82, 2.24) is 20.5 Å². The van der Waals surface area contributed by atoms with Crippen molar-refractivity contribution in [3.63, 3.8) is 0 Å². The van der Waals surface area contributed by atoms with Crippen LogP contribution in [0.1, 0.15) is 32.2 Å². The number of nitrogens with zero attached hydrogens (tertiary/aromatic N) is 4. The van der Waals surface area contributed by atoms with Gasteiger partial charge in [0.05, 0.1) is 11.4 Å². The highest BCUT2D eigenvalue weighted by Crippen LogP contribution is 2.14. The fourth-order valence-electron chi connectivity index (χ4n) is 2.19. The Morgan fingerprint density at radius 2 is 2.00 bits per heavy atom. The number of nitrogens with one attached hydrogen (secondary N) is 1. The lowest BCUT2D eigenvalue weighted by atomic mass is 10.2. The standard InChI is InChI=1S/C12H21N5/c1-4-10-11(5-2)15-16-12(14-10)17-7-6-13-8-9(17)3/h9,13H,4-8H2,1-3H3. The van der Waals surface area contributed by atoms with Gasteiger partial charge in [-0.05, 0) is 19.8 Å². The normalized spacial score (nSPS) is 20.6. The third-order valence-electron chi connectivity index (χ3n) is 3.26. The highest BCUT2D eigenvalue weighted by Gasteiger charge is 2.21. The van der Waals surface area contributed by atoms with Gasteiger partial charge in [0.1, 0.15) is 0 Å². The summed E-state index contributed by atoms with van der Waals surface area (Å²) in [6.07, 6.45) is 1.83. The molecule has 1 aromatic rings. The Hall–Kier alpha value is -1.23. The summed E-state index contributed by atoms with van der Waals surface area (Å²) >= 11 is 0. The van der Waals surface area contributed by atoms with Crippen LogP contribution in [0, 0.1) is 0 Å². The summed E-state index contributed by atoms with van der Waals surface area (Å²) < 4.78 is 0. The predicted molar refractivity (Wildman–Crippen MR) is 68.3 cm³/mol. The maximum atomic E-state index is 4.66. The first-order valence-electron chi connectivity index (χ1n) is 6.46. The average molecular weight is 235 g/mol. The molecule has 17 heavy (non-hydrogen) atoms. The first kappa shape index (κ1) is 12.2. The molecule has 0 bridgehead atoms. The molecule has 1 aliphatic heterocycles. The third-order valence-corrected chi connectivity index (χ3v) is 3.26. The summed E-state index contributed by atoms with van der Waals surface area (Å²) in [5.74, 6) is 0.785. The van der Waals surface area contributed by atoms with E-state index in [-0.39, 0.29) is 0 Å². The summed E-state index contributed by atoms with van der Waals surface area (Å²) in [5, 5.41) is 11.9. The Morgan fingerprint density at radius 3 is 2.65 bits per heavy atom. The molecular formula is C12H21N5. The first-order chi connectivity index (χ1) is 8.26. The maximum Gasteiger partial charge on any atom is 0.245 e. The Bertz CT molecular complexity index is 379. The van der Waals surface area contributed by atoms with Gasteiger partial charge in [-0.2, -0.15) is 5.10 Å². The quantitative estimate of drug-likeness (QED) is 0.839. The first-order valence-corrected chi connectivity index (χ1v) is 6.46. The Labute approximate surface area is 103 Å². The largest absolute Gasteiger partial charge is 0.334 e. The van der Waals surface area contributed by atoms with Crippen molar-refractivity contribution < 1.29 is 0 Å². The molecule has 1 N–H and O–H groups in total. The van der Waals surface area contributed by atoms with Crippen molar-refractivity contribution in [2.75, 3.05) is 24.5 Å². The average Bonchev–Trinajstić information content (AvgIpc) is 2.38. The summed E-state index contributed by atoms with van der Waals surface area (Å²) in [6.45, 7) is 9.34. The van der Waals surface area contributed by atoms with E-state index in [9.17, 15) is 0 Å². The molecule has 0 aliphatic carbocycles. The fourth-order valence-corrected chi connectivity index (χ4v) is 2.19. The van der Waals surface area contributed by atoms with E-state index in [1.807, 2.05) is 0 Å². The molecular weight excluding hydrogens is 214 g/mol. The molecule has 5 heteroatoms. The molecule has 1 atom stereocenters. The van der Waals surface area contributed by atoms with Crippen LogP contribution < -0.4 is 10.2 Å². The molecule has 1 unspecified atom stereocenters. The van der Waals surface area contributed by atoms with Gasteiger partial charge in [0.25, 0.3) is 0 Å². The fraction of sp³-hybridized carbons (Fsp3) is 0.750. The summed E-state index contributed by atoms with van der Waals surface area (Å²) in [7, 11) is 0. The SMILES string of the molecule is CCc1nnc(N2CCNCC2C)nc1CC. The van der Waals surface area contributed by atoms with Crippen molar-refractivity contribution in [2.45, 2.75) is 39.7 Å². The molecule has 1 fully saturated rings. The molecule has 0 spiro atoms. The van der Waals surface area contributed by atoms with Crippen LogP contribution in [0.5, 0.6) is 0 Å². The molecule has 1 saturated heterocycles. The van der Waals surface area contributed by atoms with E-state index in [0.29, 0.717) is 6.04 Å². The highest BCUT2D eigenvalue weighted by atomic mass is 15.4. The molecule has 0 saturated carbocycles. The zero-order valence-electron chi connectivity index (χ0n) is 10.9. The molecule has 0 aromatic carbocycles. The molecule has 94 valence electrons. The van der Waals surface area contributed by atoms with Gasteiger partial charge in [-0.25, -0.2) is 4.98 Å². The minimum atomic E-state index is 0.433. The Kier molecular flexibility index (Phi) is 3.89. The van der Waals surface area contributed by atoms with Crippen LogP contribution in [-0.2, 0) is 12.8 Å². The van der Waals surface area contributed by atoms with Crippen molar-refractivity contribution >= 4 is 5.95 Å². The van der Waals surface area contributed by atoms with Crippen LogP contribution in [0.15, 0.2) is 0 Å². The second kappa shape index (κ2) is 5.40. The van der Waals surface area contributed by atoms with Gasteiger partial charge in [0.2, 0.25) is 5.95 Å². The van der Waals surface area contributed by atoms with Crippen LogP contribution in [0.2, 0.25) is 0 Å². The van der Waals surface area contributed by atoms with E-state index < -0.39 is 0 Å². The molecule has 2 rings (SSSR count). The monoisotopic (exact) mass is 235 g/mol. The number of aryl methyl sites for hydroxylation is 2. The maximum absolute atomic E-state index is 4.66. The summed E-state index contributed by atoms with van der Waals surface area (Å²) in [4.78, 5) is 6.90. The van der Waals surface area contributed by atoms with E-state index >= 15 is 0 Å². The molecule has 2 heterocycles. The lowest BCUT2D eigenvalue weighted by molar-refractivity contribution is 0.489. The lowest BCUT2D eigenvalue weighted by Crippen LogP contribution is -2.50. The van der Waals surface area contributed by atoms with E-state index in [0.717, 1.165) is 49.8 Å². The van der Waals surface area contributed by atoms with Gasteiger partial charge in [0, 0.05) is 25.7 Å². The zero-order chi connectivity index (χ0) is 12.3. The minimum absolute atomic E-state index is 0.433. The lowest BCUT2D eigenvalue weighted by Gasteiger charge is -2.33. The van der Waals surface area contributed by atoms with Crippen LogP contribution in [-0.4, -0.2) is 40.9 Å². The number of piperazine rings is 1. The van der Waals surface area contributed by atoms with E-state index in [1.54, 1.807) is 0 Å². The number of hydrogen-bond acceptors (Lipinski definition) is 5. The Balaban J connectivity index is 2.25. The van der Waals surface area contributed by atoms with Crippen molar-refractivity contribution in [1.29, 1.82) is 0 Å². The van der Waals surface area contributed by atoms with Crippen LogP contribution in [0.3, 0.4) is 0 Å². The van der Waals surface area contributed by atoms with Gasteiger partial charge in [0.15, 0.2) is 0 Å². The van der Waals surface area contributed by atoms with Gasteiger partial charge in [-0.3, -0.25) is 0 Å². The van der Waals surface area contributed by atoms with Gasteiger partial charge in [-0.15, -0.1) is 5.10 Å². The van der Waals surface area contributed by atoms with Crippen LogP contribution in [0.4, 0.5) is 5.95 Å². The number of hydrogen-bond donors (Lipinski definition) is 1. The van der Waals surface area contributed by atoms with Gasteiger partial charge >= 0.3 is 0 Å². The van der Waals surface area contributed by atoms with Crippen molar-refractivity contribution in [3.05, 3.63) is 11.4 Å². The second-order valence-corrected chi connectivity index (χ2v) is 4.46. The molecule has 5 nitrogen and oxygen atoms in total. The number of anilines is 1. The zero-order valence-corrected chi connectivity index (χ0v) is 10.9. The minimum Gasteiger partial charge on any atom is -0.334 e. The van der Waals surface area contributed by atoms with Crippen LogP contribution >= 0.6 is 0 Å². The van der Waals surface area contributed by atoms with E-state index in [1.165, 1.54) is 0 Å². The summed E-state index contributed by atoms with van der Waals surface area (Å²) in [5.41, 5.74) is 2.11. The number of aromatic nitrogens is 3. The van der Waals surface area contributed by atoms with Gasteiger partial charge in [-0.1, -0.05) is 13.8 Å². The number of rotatable bonds is 3. The third kappa shape index (κ3) is 2.54. The predicted octanol–water partition coefficient (Wildman–Crippen LogP) is 0.794. The molecule has 1 aliphatic rings. The topological polar surface area (TPSA) is 53.9 Å². The van der Waals surface area contributed by atoms with Crippen molar-refractivity contribution in [2.24, 2.45) is 0 Å². The second-order valence-electron chi connectivity index (χ2n) is 4.46. The van der Waals surface area contributed by atoms with Gasteiger partial charge < -0.3 is 10.2 Å². The van der Waals surface area contributed by atoms with E-state index in [4.69, 9.17) is 0 Å². The smallest absolute Gasteiger partial charge is 0.245 e.